The summed E-state index contributed by atoms with van der Waals surface area (Å²) >= 11 is 5.83. The molecule has 0 aliphatic rings. The van der Waals surface area contributed by atoms with Gasteiger partial charge >= 0.3 is 0 Å². The Morgan fingerprint density at radius 2 is 2.21 bits per heavy atom. The first-order valence-corrected chi connectivity index (χ1v) is 4.53. The van der Waals surface area contributed by atoms with Crippen molar-refractivity contribution in [3.8, 4) is 0 Å². The molecule has 0 radical (unpaired) electrons. The monoisotopic (exact) mass is 212 g/mol. The van der Waals surface area contributed by atoms with E-state index < -0.39 is 0 Å². The molecule has 0 unspecified atom stereocenters. The zero-order valence-electron chi connectivity index (χ0n) is 8.54. The number of aromatic nitrogens is 1. The zero-order valence-corrected chi connectivity index (χ0v) is 9.30. The molecule has 1 aromatic rings. The molecular weight excluding hydrogens is 200 g/mol. The lowest BCUT2D eigenvalue weighted by molar-refractivity contribution is 0.285. The minimum Gasteiger partial charge on any atom is -0.483 e. The first kappa shape index (κ1) is 10.9. The molecule has 0 aromatic carbocycles. The van der Waals surface area contributed by atoms with Gasteiger partial charge in [0.05, 0.1) is 7.11 Å². The summed E-state index contributed by atoms with van der Waals surface area (Å²) < 4.78 is 5.01. The third-order valence-electron chi connectivity index (χ3n) is 1.90. The van der Waals surface area contributed by atoms with Gasteiger partial charge in [-0.05, 0) is 25.6 Å². The van der Waals surface area contributed by atoms with Crippen molar-refractivity contribution >= 4 is 17.3 Å². The van der Waals surface area contributed by atoms with Gasteiger partial charge in [0.2, 0.25) is 0 Å². The van der Waals surface area contributed by atoms with Crippen LogP contribution in [0, 0.1) is 6.92 Å². The Hall–Kier alpha value is -1.22. The first-order chi connectivity index (χ1) is 6.54. The number of anilines is 1. The summed E-state index contributed by atoms with van der Waals surface area (Å²) in [6.45, 7) is 5.64. The second-order valence-electron chi connectivity index (χ2n) is 2.95. The van der Waals surface area contributed by atoms with Gasteiger partial charge in [-0.25, -0.2) is 4.98 Å². The number of ether oxygens (including phenoxy) is 1. The van der Waals surface area contributed by atoms with E-state index in [1.54, 1.807) is 18.1 Å². The molecule has 0 aliphatic heterocycles. The van der Waals surface area contributed by atoms with Crippen molar-refractivity contribution in [1.82, 2.24) is 4.98 Å². The number of hydrogen-bond acceptors (Lipinski definition) is 3. The van der Waals surface area contributed by atoms with Crippen LogP contribution < -0.4 is 4.90 Å². The number of pyridine rings is 1. The minimum atomic E-state index is 0.468. The van der Waals surface area contributed by atoms with Crippen molar-refractivity contribution in [2.24, 2.45) is 0 Å². The molecule has 0 amide bonds. The Labute approximate surface area is 89.0 Å². The minimum absolute atomic E-state index is 0.468. The Kier molecular flexibility index (Phi) is 3.36. The lowest BCUT2D eigenvalue weighted by Crippen LogP contribution is -2.16. The summed E-state index contributed by atoms with van der Waals surface area (Å²) in [5.74, 6) is 0.562. The Bertz CT molecular complexity index is 332. The SMILES string of the molecule is C=C(OC)N(C)c1cc(C)nc(Cl)c1. The van der Waals surface area contributed by atoms with Crippen molar-refractivity contribution in [2.45, 2.75) is 6.92 Å². The highest BCUT2D eigenvalue weighted by molar-refractivity contribution is 6.29. The average molecular weight is 213 g/mol. The van der Waals surface area contributed by atoms with E-state index in [-0.39, 0.29) is 0 Å². The zero-order chi connectivity index (χ0) is 10.7. The molecule has 0 bridgehead atoms. The molecule has 14 heavy (non-hydrogen) atoms. The molecule has 4 heteroatoms. The van der Waals surface area contributed by atoms with E-state index in [0.717, 1.165) is 11.4 Å². The highest BCUT2D eigenvalue weighted by Gasteiger charge is 2.06. The number of rotatable bonds is 3. The van der Waals surface area contributed by atoms with Crippen LogP contribution in [-0.4, -0.2) is 19.1 Å². The lowest BCUT2D eigenvalue weighted by Gasteiger charge is -2.20. The first-order valence-electron chi connectivity index (χ1n) is 4.15. The molecular formula is C10H13ClN2O. The van der Waals surface area contributed by atoms with E-state index >= 15 is 0 Å². The standard InChI is InChI=1S/C10H13ClN2O/c1-7-5-9(6-10(11)12-7)13(3)8(2)14-4/h5-6H,2H2,1,3-4H3. The predicted octanol–water partition coefficient (Wildman–Crippen LogP) is 2.60. The highest BCUT2D eigenvalue weighted by Crippen LogP contribution is 2.20. The van der Waals surface area contributed by atoms with Crippen molar-refractivity contribution in [2.75, 3.05) is 19.1 Å². The van der Waals surface area contributed by atoms with Crippen LogP contribution in [0.3, 0.4) is 0 Å². The molecule has 0 fully saturated rings. The fourth-order valence-corrected chi connectivity index (χ4v) is 1.33. The molecule has 0 N–H and O–H groups in total. The van der Waals surface area contributed by atoms with Crippen LogP contribution in [-0.2, 0) is 4.74 Å². The second-order valence-corrected chi connectivity index (χ2v) is 3.33. The molecule has 76 valence electrons. The number of halogens is 1. The number of aryl methyl sites for hydroxylation is 1. The van der Waals surface area contributed by atoms with E-state index in [1.807, 2.05) is 20.0 Å². The normalized spacial score (nSPS) is 9.71. The molecule has 0 saturated carbocycles. The molecule has 0 saturated heterocycles. The molecule has 1 heterocycles. The van der Waals surface area contributed by atoms with Crippen molar-refractivity contribution < 1.29 is 4.74 Å². The molecule has 1 aromatic heterocycles. The van der Waals surface area contributed by atoms with Gasteiger partial charge in [-0.1, -0.05) is 11.6 Å². The molecule has 0 aliphatic carbocycles. The van der Waals surface area contributed by atoms with Gasteiger partial charge in [0.1, 0.15) is 5.15 Å². The summed E-state index contributed by atoms with van der Waals surface area (Å²) in [6.07, 6.45) is 0. The lowest BCUT2D eigenvalue weighted by atomic mass is 10.3. The maximum atomic E-state index is 5.83. The van der Waals surface area contributed by atoms with Crippen molar-refractivity contribution in [3.05, 3.63) is 35.4 Å². The largest absolute Gasteiger partial charge is 0.483 e. The Balaban J connectivity index is 3.00. The van der Waals surface area contributed by atoms with Gasteiger partial charge < -0.3 is 9.64 Å². The third kappa shape index (κ3) is 2.39. The van der Waals surface area contributed by atoms with Gasteiger partial charge in [-0.15, -0.1) is 0 Å². The van der Waals surface area contributed by atoms with Crippen LogP contribution >= 0.6 is 11.6 Å². The Morgan fingerprint density at radius 1 is 1.57 bits per heavy atom. The van der Waals surface area contributed by atoms with Crippen LogP contribution in [0.1, 0.15) is 5.69 Å². The molecule has 1 rings (SSSR count). The Morgan fingerprint density at radius 3 is 2.71 bits per heavy atom. The fraction of sp³-hybridized carbons (Fsp3) is 0.300. The smallest absolute Gasteiger partial charge is 0.185 e. The van der Waals surface area contributed by atoms with Gasteiger partial charge in [0.15, 0.2) is 5.88 Å². The van der Waals surface area contributed by atoms with Crippen LogP contribution in [0.2, 0.25) is 5.15 Å². The van der Waals surface area contributed by atoms with Gasteiger partial charge in [0, 0.05) is 18.4 Å². The highest BCUT2D eigenvalue weighted by atomic mass is 35.5. The van der Waals surface area contributed by atoms with Crippen LogP contribution in [0.15, 0.2) is 24.6 Å². The summed E-state index contributed by atoms with van der Waals surface area (Å²) in [4.78, 5) is 5.88. The number of nitrogens with zero attached hydrogens (tertiary/aromatic N) is 2. The van der Waals surface area contributed by atoms with E-state index in [9.17, 15) is 0 Å². The number of hydrogen-bond donors (Lipinski definition) is 0. The summed E-state index contributed by atoms with van der Waals surface area (Å²) in [6, 6.07) is 3.68. The molecule has 0 atom stereocenters. The average Bonchev–Trinajstić information content (AvgIpc) is 2.14. The number of methoxy groups -OCH3 is 1. The van der Waals surface area contributed by atoms with Crippen molar-refractivity contribution in [3.63, 3.8) is 0 Å². The van der Waals surface area contributed by atoms with Gasteiger partial charge in [0.25, 0.3) is 0 Å². The van der Waals surface area contributed by atoms with E-state index in [4.69, 9.17) is 16.3 Å². The summed E-state index contributed by atoms with van der Waals surface area (Å²) in [5.41, 5.74) is 1.78. The van der Waals surface area contributed by atoms with Gasteiger partial charge in [-0.2, -0.15) is 0 Å². The topological polar surface area (TPSA) is 25.4 Å². The maximum absolute atomic E-state index is 5.83. The quantitative estimate of drug-likeness (QED) is 0.569. The van der Waals surface area contributed by atoms with Crippen LogP contribution in [0.5, 0.6) is 0 Å². The molecule has 0 spiro atoms. The van der Waals surface area contributed by atoms with Crippen LogP contribution in [0.25, 0.3) is 0 Å². The second kappa shape index (κ2) is 4.33. The van der Waals surface area contributed by atoms with E-state index in [2.05, 4.69) is 11.6 Å². The summed E-state index contributed by atoms with van der Waals surface area (Å²) in [7, 11) is 3.44. The van der Waals surface area contributed by atoms with E-state index in [0.29, 0.717) is 11.0 Å². The van der Waals surface area contributed by atoms with Gasteiger partial charge in [-0.3, -0.25) is 0 Å². The molecule has 3 nitrogen and oxygen atoms in total. The van der Waals surface area contributed by atoms with E-state index in [1.165, 1.54) is 0 Å². The van der Waals surface area contributed by atoms with Crippen LogP contribution in [0.4, 0.5) is 5.69 Å². The predicted molar refractivity (Wildman–Crippen MR) is 58.5 cm³/mol. The maximum Gasteiger partial charge on any atom is 0.185 e. The fourth-order valence-electron chi connectivity index (χ4n) is 1.09. The third-order valence-corrected chi connectivity index (χ3v) is 2.10. The summed E-state index contributed by atoms with van der Waals surface area (Å²) in [5, 5.41) is 0.468. The van der Waals surface area contributed by atoms with Crippen molar-refractivity contribution in [1.29, 1.82) is 0 Å².